The summed E-state index contributed by atoms with van der Waals surface area (Å²) in [6, 6.07) is 4.17. The molecule has 1 aliphatic heterocycles. The number of hydrogen-bond donors (Lipinski definition) is 2. The lowest BCUT2D eigenvalue weighted by molar-refractivity contribution is -0.125. The van der Waals surface area contributed by atoms with Crippen LogP contribution in [0.4, 0.5) is 5.82 Å². The van der Waals surface area contributed by atoms with Crippen molar-refractivity contribution < 1.29 is 4.79 Å². The Labute approximate surface area is 156 Å². The van der Waals surface area contributed by atoms with Crippen LogP contribution in [0.3, 0.4) is 0 Å². The molecule has 0 aromatic carbocycles. The van der Waals surface area contributed by atoms with E-state index in [0.29, 0.717) is 12.2 Å². The Morgan fingerprint density at radius 2 is 2.30 bits per heavy atom. The highest BCUT2D eigenvalue weighted by atomic mass is 16.1. The Bertz CT molecular complexity index is 1050. The number of fused-ring (bicyclic) bond motifs is 3. The van der Waals surface area contributed by atoms with Gasteiger partial charge < -0.3 is 15.2 Å². The summed E-state index contributed by atoms with van der Waals surface area (Å²) in [4.78, 5) is 31.4. The van der Waals surface area contributed by atoms with Crippen LogP contribution in [0.2, 0.25) is 0 Å². The molecule has 4 heterocycles. The zero-order valence-electron chi connectivity index (χ0n) is 15.4. The lowest BCUT2D eigenvalue weighted by Crippen LogP contribution is -2.47. The van der Waals surface area contributed by atoms with Gasteiger partial charge in [0.25, 0.3) is 0 Å². The van der Waals surface area contributed by atoms with Crippen LogP contribution < -0.4 is 10.2 Å². The predicted molar refractivity (Wildman–Crippen MR) is 102 cm³/mol. The second kappa shape index (κ2) is 6.83. The van der Waals surface area contributed by atoms with E-state index in [-0.39, 0.29) is 24.4 Å². The van der Waals surface area contributed by atoms with Gasteiger partial charge in [0.1, 0.15) is 18.2 Å². The molecule has 1 fully saturated rings. The van der Waals surface area contributed by atoms with Crippen molar-refractivity contribution in [2.75, 3.05) is 18.0 Å². The van der Waals surface area contributed by atoms with E-state index in [9.17, 15) is 4.79 Å². The second-order valence-corrected chi connectivity index (χ2v) is 7.03. The normalized spacial score (nSPS) is 20.0. The Morgan fingerprint density at radius 1 is 1.44 bits per heavy atom. The smallest absolute Gasteiger partial charge is 0.225 e. The van der Waals surface area contributed by atoms with Crippen LogP contribution in [0.25, 0.3) is 21.9 Å². The quantitative estimate of drug-likeness (QED) is 0.689. The molecule has 3 aromatic rings. The summed E-state index contributed by atoms with van der Waals surface area (Å²) in [7, 11) is 0. The number of carbonyl (C=O) groups excluding carboxylic acids is 1. The van der Waals surface area contributed by atoms with Crippen LogP contribution in [0.15, 0.2) is 18.5 Å². The first-order chi connectivity index (χ1) is 13.1. The zero-order valence-corrected chi connectivity index (χ0v) is 15.4. The summed E-state index contributed by atoms with van der Waals surface area (Å²) in [5, 5.41) is 13.3. The van der Waals surface area contributed by atoms with E-state index in [1.54, 1.807) is 12.4 Å². The van der Waals surface area contributed by atoms with E-state index in [1.165, 1.54) is 0 Å². The number of H-pyrrole nitrogens is 1. The molecule has 8 heteroatoms. The fraction of sp³-hybridized carbons (Fsp3) is 0.421. The minimum atomic E-state index is -0.161. The molecule has 0 saturated carbocycles. The van der Waals surface area contributed by atoms with Gasteiger partial charge in [-0.2, -0.15) is 5.26 Å². The van der Waals surface area contributed by atoms with E-state index in [2.05, 4.69) is 32.1 Å². The number of pyridine rings is 1. The molecule has 0 radical (unpaired) electrons. The number of anilines is 1. The van der Waals surface area contributed by atoms with Gasteiger partial charge in [0.05, 0.1) is 29.1 Å². The van der Waals surface area contributed by atoms with E-state index in [1.807, 2.05) is 19.1 Å². The number of hydrogen-bond acceptors (Lipinski definition) is 6. The van der Waals surface area contributed by atoms with Crippen molar-refractivity contribution in [1.29, 1.82) is 5.26 Å². The number of aromatic nitrogens is 4. The van der Waals surface area contributed by atoms with Gasteiger partial charge in [-0.3, -0.25) is 4.79 Å². The molecule has 0 bridgehead atoms. The maximum absolute atomic E-state index is 12.4. The third-order valence-electron chi connectivity index (χ3n) is 5.21. The number of nitriles is 1. The van der Waals surface area contributed by atoms with E-state index in [0.717, 1.165) is 40.8 Å². The van der Waals surface area contributed by atoms with E-state index >= 15 is 0 Å². The minimum Gasteiger partial charge on any atom is -0.352 e. The molecular formula is C19H21N7O. The van der Waals surface area contributed by atoms with Gasteiger partial charge in [-0.1, -0.05) is 0 Å². The lowest BCUT2D eigenvalue weighted by Gasteiger charge is -2.38. The highest BCUT2D eigenvalue weighted by molar-refractivity contribution is 6.09. The van der Waals surface area contributed by atoms with Crippen molar-refractivity contribution in [3.63, 3.8) is 0 Å². The monoisotopic (exact) mass is 363 g/mol. The summed E-state index contributed by atoms with van der Waals surface area (Å²) in [6.07, 6.45) is 5.23. The molecule has 1 amide bonds. The summed E-state index contributed by atoms with van der Waals surface area (Å²) >= 11 is 0. The van der Waals surface area contributed by atoms with Crippen LogP contribution in [0.5, 0.6) is 0 Å². The molecule has 2 atom stereocenters. The fourth-order valence-electron chi connectivity index (χ4n) is 3.83. The van der Waals surface area contributed by atoms with E-state index in [4.69, 9.17) is 10.2 Å². The summed E-state index contributed by atoms with van der Waals surface area (Å²) < 4.78 is 0. The van der Waals surface area contributed by atoms with Gasteiger partial charge in [0, 0.05) is 24.2 Å². The largest absolute Gasteiger partial charge is 0.352 e. The van der Waals surface area contributed by atoms with Crippen molar-refractivity contribution in [1.82, 2.24) is 25.3 Å². The maximum atomic E-state index is 12.4. The van der Waals surface area contributed by atoms with Crippen molar-refractivity contribution in [2.45, 2.75) is 32.7 Å². The summed E-state index contributed by atoms with van der Waals surface area (Å²) in [5.41, 5.74) is 1.59. The standard InChI is InChI=1S/C19H21N7O/c1-11-3-4-13(19(27)22-8-6-20)10-26(11)18-16-14-5-7-21-17(14)23-9-15(16)24-12(2)25-18/h5,7,9,11,13H,3-4,8,10H2,1-2H3,(H,22,27)(H,24,25). The first-order valence-electron chi connectivity index (χ1n) is 9.10. The molecule has 4 rings (SSSR count). The Kier molecular flexibility index (Phi) is 4.36. The molecule has 8 nitrogen and oxygen atoms in total. The van der Waals surface area contributed by atoms with E-state index < -0.39 is 0 Å². The van der Waals surface area contributed by atoms with Crippen molar-refractivity contribution >= 4 is 33.7 Å². The number of rotatable bonds is 3. The Morgan fingerprint density at radius 3 is 3.11 bits per heavy atom. The average Bonchev–Trinajstić information content (AvgIpc) is 3.14. The van der Waals surface area contributed by atoms with Gasteiger partial charge >= 0.3 is 0 Å². The Hall–Kier alpha value is -3.21. The predicted octanol–water partition coefficient (Wildman–Crippen LogP) is 2.06. The minimum absolute atomic E-state index is 0.0386. The number of carbonyl (C=O) groups is 1. The SMILES string of the molecule is Cc1nc(N2CC(C(=O)NCC#N)CCC2C)c2c(cnc3nccc32)[nH]1. The first-order valence-corrected chi connectivity index (χ1v) is 9.10. The van der Waals surface area contributed by atoms with Crippen molar-refractivity contribution in [3.05, 3.63) is 24.3 Å². The highest BCUT2D eigenvalue weighted by Crippen LogP contribution is 2.34. The number of piperidine rings is 1. The molecule has 27 heavy (non-hydrogen) atoms. The second-order valence-electron chi connectivity index (χ2n) is 7.03. The maximum Gasteiger partial charge on any atom is 0.225 e. The summed E-state index contributed by atoms with van der Waals surface area (Å²) in [6.45, 7) is 4.69. The van der Waals surface area contributed by atoms with Gasteiger partial charge in [-0.15, -0.1) is 0 Å². The fourth-order valence-corrected chi connectivity index (χ4v) is 3.83. The molecule has 2 unspecified atom stereocenters. The first kappa shape index (κ1) is 17.2. The molecule has 3 aromatic heterocycles. The van der Waals surface area contributed by atoms with Crippen LogP contribution >= 0.6 is 0 Å². The van der Waals surface area contributed by atoms with Crippen LogP contribution in [-0.2, 0) is 4.79 Å². The molecule has 1 aliphatic rings. The molecule has 138 valence electrons. The number of aryl methyl sites for hydroxylation is 1. The van der Waals surface area contributed by atoms with Crippen molar-refractivity contribution in [3.8, 4) is 6.07 Å². The van der Waals surface area contributed by atoms with Crippen LogP contribution in [0.1, 0.15) is 25.6 Å². The highest BCUT2D eigenvalue weighted by Gasteiger charge is 2.32. The molecular weight excluding hydrogens is 342 g/mol. The third-order valence-corrected chi connectivity index (χ3v) is 5.21. The number of nitrogens with zero attached hydrogens (tertiary/aromatic N) is 5. The zero-order chi connectivity index (χ0) is 19.0. The Balaban J connectivity index is 1.79. The average molecular weight is 363 g/mol. The van der Waals surface area contributed by atoms with Crippen molar-refractivity contribution in [2.24, 2.45) is 5.92 Å². The van der Waals surface area contributed by atoms with Crippen LogP contribution in [0, 0.1) is 24.2 Å². The third kappa shape index (κ3) is 3.05. The molecule has 0 aliphatic carbocycles. The van der Waals surface area contributed by atoms with Gasteiger partial charge in [0.2, 0.25) is 5.91 Å². The molecule has 2 N–H and O–H groups in total. The number of amides is 1. The molecule has 1 saturated heterocycles. The summed E-state index contributed by atoms with van der Waals surface area (Å²) in [5.74, 6) is 1.41. The topological polar surface area (TPSA) is 111 Å². The lowest BCUT2D eigenvalue weighted by atomic mass is 9.92. The van der Waals surface area contributed by atoms with Gasteiger partial charge in [-0.05, 0) is 32.8 Å². The van der Waals surface area contributed by atoms with Gasteiger partial charge in [0.15, 0.2) is 5.65 Å². The van der Waals surface area contributed by atoms with Crippen LogP contribution in [-0.4, -0.2) is 45.0 Å². The number of aromatic amines is 1. The molecule has 0 spiro atoms. The van der Waals surface area contributed by atoms with Gasteiger partial charge in [-0.25, -0.2) is 15.0 Å². The number of nitrogens with one attached hydrogen (secondary N) is 2.